The zero-order chi connectivity index (χ0) is 22.3. The number of fused-ring (bicyclic) bond motifs is 2. The number of pyridine rings is 1. The molecule has 32 heavy (non-hydrogen) atoms. The molecule has 1 aliphatic heterocycles. The van der Waals surface area contributed by atoms with Crippen LogP contribution in [-0.4, -0.2) is 81.1 Å². The molecule has 12 heteroatoms. The molecule has 0 atom stereocenters. The van der Waals surface area contributed by atoms with Gasteiger partial charge in [-0.2, -0.15) is 10.2 Å². The van der Waals surface area contributed by atoms with E-state index in [4.69, 9.17) is 4.74 Å². The predicted octanol–water partition coefficient (Wildman–Crippen LogP) is 1.01. The second-order valence-electron chi connectivity index (χ2n) is 7.71. The molecule has 0 N–H and O–H groups in total. The van der Waals surface area contributed by atoms with Gasteiger partial charge in [-0.3, -0.25) is 14.8 Å². The molecule has 11 nitrogen and oxygen atoms in total. The van der Waals surface area contributed by atoms with Crippen LogP contribution in [0.5, 0.6) is 0 Å². The first-order valence-electron chi connectivity index (χ1n) is 10.1. The topological polar surface area (TPSA) is 125 Å². The third-order valence-corrected chi connectivity index (χ3v) is 6.01. The standard InChI is InChI=1S/C20H21N7O4S/c1-32(29,30)13-27-17-9-16(20(28)25-4-2-7-31-8-6-25)22-10-14(17)19(24-27)15-11-23-26-5-3-21-12-18(15)26/h3,5,9-12H,2,4,6-8,13H2,1H3. The lowest BCUT2D eigenvalue weighted by molar-refractivity contribution is 0.0735. The van der Waals surface area contributed by atoms with Gasteiger partial charge in [-0.05, 0) is 12.5 Å². The van der Waals surface area contributed by atoms with Crippen molar-refractivity contribution in [3.05, 3.63) is 42.7 Å². The number of amides is 1. The minimum absolute atomic E-state index is 0.216. The van der Waals surface area contributed by atoms with Gasteiger partial charge in [-0.25, -0.2) is 17.6 Å². The van der Waals surface area contributed by atoms with Crippen LogP contribution in [0.3, 0.4) is 0 Å². The summed E-state index contributed by atoms with van der Waals surface area (Å²) in [5.41, 5.74) is 2.70. The molecule has 1 fully saturated rings. The smallest absolute Gasteiger partial charge is 0.272 e. The van der Waals surface area contributed by atoms with E-state index in [-0.39, 0.29) is 17.5 Å². The van der Waals surface area contributed by atoms with E-state index in [2.05, 4.69) is 20.2 Å². The number of aromatic nitrogens is 6. The van der Waals surface area contributed by atoms with Crippen molar-refractivity contribution in [2.24, 2.45) is 0 Å². The molecule has 0 unspecified atom stereocenters. The molecule has 0 aromatic carbocycles. The minimum Gasteiger partial charge on any atom is -0.380 e. The highest BCUT2D eigenvalue weighted by molar-refractivity contribution is 7.89. The molecule has 5 heterocycles. The molecule has 0 bridgehead atoms. The number of rotatable bonds is 4. The third kappa shape index (κ3) is 3.82. The molecule has 0 spiro atoms. The molecular formula is C20H21N7O4S. The van der Waals surface area contributed by atoms with Gasteiger partial charge in [-0.1, -0.05) is 0 Å². The van der Waals surface area contributed by atoms with Gasteiger partial charge in [-0.15, -0.1) is 0 Å². The van der Waals surface area contributed by atoms with Gasteiger partial charge in [0.25, 0.3) is 5.91 Å². The summed E-state index contributed by atoms with van der Waals surface area (Å²) in [6.45, 7) is 2.17. The van der Waals surface area contributed by atoms with Gasteiger partial charge in [0.15, 0.2) is 9.84 Å². The number of hydrogen-bond acceptors (Lipinski definition) is 8. The van der Waals surface area contributed by atoms with Crippen molar-refractivity contribution >= 4 is 32.2 Å². The van der Waals surface area contributed by atoms with E-state index in [1.807, 2.05) is 0 Å². The fourth-order valence-corrected chi connectivity index (χ4v) is 4.47. The monoisotopic (exact) mass is 455 g/mol. The molecule has 1 aliphatic rings. The van der Waals surface area contributed by atoms with Crippen molar-refractivity contribution in [2.45, 2.75) is 12.3 Å². The van der Waals surface area contributed by atoms with Crippen molar-refractivity contribution in [1.82, 2.24) is 34.3 Å². The first-order chi connectivity index (χ1) is 15.4. The number of nitrogens with zero attached hydrogens (tertiary/aromatic N) is 7. The Hall–Kier alpha value is -3.38. The van der Waals surface area contributed by atoms with Gasteiger partial charge >= 0.3 is 0 Å². The molecule has 4 aromatic heterocycles. The fraction of sp³-hybridized carbons (Fsp3) is 0.350. The van der Waals surface area contributed by atoms with Crippen LogP contribution in [-0.2, 0) is 20.5 Å². The number of carbonyl (C=O) groups excluding carboxylic acids is 1. The van der Waals surface area contributed by atoms with Crippen LogP contribution < -0.4 is 0 Å². The number of carbonyl (C=O) groups is 1. The molecule has 0 aliphatic carbocycles. The number of sulfone groups is 1. The van der Waals surface area contributed by atoms with Crippen LogP contribution in [0, 0.1) is 0 Å². The molecule has 1 amide bonds. The molecule has 0 saturated carbocycles. The van der Waals surface area contributed by atoms with E-state index in [9.17, 15) is 13.2 Å². The van der Waals surface area contributed by atoms with Crippen LogP contribution in [0.15, 0.2) is 37.1 Å². The lowest BCUT2D eigenvalue weighted by Gasteiger charge is -2.19. The first kappa shape index (κ1) is 20.5. The summed E-state index contributed by atoms with van der Waals surface area (Å²) in [6.07, 6.45) is 10.1. The van der Waals surface area contributed by atoms with Crippen LogP contribution in [0.25, 0.3) is 27.7 Å². The first-order valence-corrected chi connectivity index (χ1v) is 12.2. The summed E-state index contributed by atoms with van der Waals surface area (Å²) in [5, 5.41) is 9.51. The highest BCUT2D eigenvalue weighted by Gasteiger charge is 2.23. The maximum Gasteiger partial charge on any atom is 0.272 e. The molecule has 1 saturated heterocycles. The zero-order valence-electron chi connectivity index (χ0n) is 17.4. The Balaban J connectivity index is 1.64. The average molecular weight is 456 g/mol. The predicted molar refractivity (Wildman–Crippen MR) is 116 cm³/mol. The number of hydrogen-bond donors (Lipinski definition) is 0. The Morgan fingerprint density at radius 2 is 2.03 bits per heavy atom. The lowest BCUT2D eigenvalue weighted by atomic mass is 10.1. The molecule has 0 radical (unpaired) electrons. The maximum atomic E-state index is 13.0. The Morgan fingerprint density at radius 3 is 2.88 bits per heavy atom. The van der Waals surface area contributed by atoms with Crippen molar-refractivity contribution in [2.75, 3.05) is 32.6 Å². The maximum absolute atomic E-state index is 13.0. The van der Waals surface area contributed by atoms with Gasteiger partial charge in [0.1, 0.15) is 17.3 Å². The van der Waals surface area contributed by atoms with E-state index in [0.29, 0.717) is 48.5 Å². The van der Waals surface area contributed by atoms with Crippen LogP contribution >= 0.6 is 0 Å². The van der Waals surface area contributed by atoms with Gasteiger partial charge < -0.3 is 9.64 Å². The van der Waals surface area contributed by atoms with Crippen molar-refractivity contribution in [3.63, 3.8) is 0 Å². The third-order valence-electron chi connectivity index (χ3n) is 5.30. The molecule has 5 rings (SSSR count). The largest absolute Gasteiger partial charge is 0.380 e. The Bertz CT molecular complexity index is 1420. The van der Waals surface area contributed by atoms with E-state index < -0.39 is 9.84 Å². The minimum atomic E-state index is -3.39. The van der Waals surface area contributed by atoms with Crippen LogP contribution in [0.4, 0.5) is 0 Å². The van der Waals surface area contributed by atoms with Crippen molar-refractivity contribution < 1.29 is 17.9 Å². The van der Waals surface area contributed by atoms with Gasteiger partial charge in [0, 0.05) is 49.9 Å². The van der Waals surface area contributed by atoms with Crippen LogP contribution in [0.2, 0.25) is 0 Å². The fourth-order valence-electron chi connectivity index (χ4n) is 3.83. The Morgan fingerprint density at radius 1 is 1.16 bits per heavy atom. The summed E-state index contributed by atoms with van der Waals surface area (Å²) in [7, 11) is -3.39. The summed E-state index contributed by atoms with van der Waals surface area (Å²) in [5.74, 6) is -0.540. The van der Waals surface area contributed by atoms with Crippen LogP contribution in [0.1, 0.15) is 16.9 Å². The second kappa shape index (κ2) is 7.95. The molecule has 166 valence electrons. The average Bonchev–Trinajstić information content (AvgIpc) is 3.21. The van der Waals surface area contributed by atoms with E-state index in [1.165, 1.54) is 4.68 Å². The van der Waals surface area contributed by atoms with E-state index in [1.54, 1.807) is 46.5 Å². The summed E-state index contributed by atoms with van der Waals surface area (Å²) in [6, 6.07) is 1.61. The Kier molecular flexibility index (Phi) is 5.10. The summed E-state index contributed by atoms with van der Waals surface area (Å²) < 4.78 is 32.6. The zero-order valence-corrected chi connectivity index (χ0v) is 18.2. The highest BCUT2D eigenvalue weighted by Crippen LogP contribution is 2.31. The molecule has 4 aromatic rings. The molecular weight excluding hydrogens is 434 g/mol. The van der Waals surface area contributed by atoms with E-state index >= 15 is 0 Å². The number of ether oxygens (including phenoxy) is 1. The lowest BCUT2D eigenvalue weighted by Crippen LogP contribution is -2.33. The van der Waals surface area contributed by atoms with Gasteiger partial charge in [0.2, 0.25) is 0 Å². The van der Waals surface area contributed by atoms with E-state index in [0.717, 1.165) is 18.2 Å². The second-order valence-corrected chi connectivity index (χ2v) is 9.82. The SMILES string of the molecule is CS(=O)(=O)Cn1nc(-c2cnn3ccncc23)c2cnc(C(=O)N3CCCOCC3)cc21. The quantitative estimate of drug-likeness (QED) is 0.446. The highest BCUT2D eigenvalue weighted by atomic mass is 32.2. The van der Waals surface area contributed by atoms with Crippen molar-refractivity contribution in [3.8, 4) is 11.3 Å². The van der Waals surface area contributed by atoms with Crippen molar-refractivity contribution in [1.29, 1.82) is 0 Å². The summed E-state index contributed by atoms with van der Waals surface area (Å²) >= 11 is 0. The van der Waals surface area contributed by atoms with Gasteiger partial charge in [0.05, 0.1) is 35.6 Å². The normalized spacial score (nSPS) is 15.3. The summed E-state index contributed by atoms with van der Waals surface area (Å²) in [4.78, 5) is 23.3. The Labute approximate surface area is 183 Å².